The van der Waals surface area contributed by atoms with Crippen molar-refractivity contribution >= 4 is 40.7 Å². The Hall–Kier alpha value is -3.88. The first-order chi connectivity index (χ1) is 19.5. The lowest BCUT2D eigenvalue weighted by atomic mass is 10.1. The van der Waals surface area contributed by atoms with Crippen LogP contribution in [-0.2, 0) is 11.2 Å². The van der Waals surface area contributed by atoms with Crippen molar-refractivity contribution in [1.29, 1.82) is 0 Å². The summed E-state index contributed by atoms with van der Waals surface area (Å²) in [6.45, 7) is 5.27. The average Bonchev–Trinajstić information content (AvgIpc) is 3.27. The molecule has 2 fully saturated rings. The van der Waals surface area contributed by atoms with Crippen LogP contribution >= 0.6 is 11.6 Å². The van der Waals surface area contributed by atoms with E-state index >= 15 is 0 Å². The van der Waals surface area contributed by atoms with Crippen molar-refractivity contribution in [3.8, 4) is 0 Å². The van der Waals surface area contributed by atoms with Gasteiger partial charge in [0.25, 0.3) is 11.8 Å². The maximum atomic E-state index is 13.4. The molecule has 2 aliphatic rings. The standard InChI is InChI=1S/C31H34ClN5O3/c32-26-9-4-8-24(21-26)30(39)37-18-16-35(17-19-37)28-11-10-25(31(40)36-14-5-12-33-13-15-36)22-27(28)34-29(38)20-23-6-2-1-3-7-23/h1-4,6-11,21-22,33H,5,12-20H2,(H,34,38). The van der Waals surface area contributed by atoms with E-state index in [2.05, 4.69) is 15.5 Å². The predicted octanol–water partition coefficient (Wildman–Crippen LogP) is 3.92. The highest BCUT2D eigenvalue weighted by Gasteiger charge is 2.25. The molecule has 0 spiro atoms. The molecular formula is C31H34ClN5O3. The quantitative estimate of drug-likeness (QED) is 0.478. The number of hydrogen-bond acceptors (Lipinski definition) is 5. The largest absolute Gasteiger partial charge is 0.366 e. The van der Waals surface area contributed by atoms with E-state index in [0.717, 1.165) is 30.8 Å². The Morgan fingerprint density at radius 3 is 2.23 bits per heavy atom. The third-order valence-electron chi connectivity index (χ3n) is 7.33. The van der Waals surface area contributed by atoms with Gasteiger partial charge in [-0.2, -0.15) is 0 Å². The van der Waals surface area contributed by atoms with Crippen molar-refractivity contribution in [2.45, 2.75) is 12.8 Å². The summed E-state index contributed by atoms with van der Waals surface area (Å²) < 4.78 is 0. The SMILES string of the molecule is O=C(Cc1ccccc1)Nc1cc(C(=O)N2CCCNCC2)ccc1N1CCN(C(=O)c2cccc(Cl)c2)CC1. The van der Waals surface area contributed by atoms with Crippen LogP contribution in [0.4, 0.5) is 11.4 Å². The smallest absolute Gasteiger partial charge is 0.254 e. The molecule has 2 heterocycles. The van der Waals surface area contributed by atoms with Gasteiger partial charge in [0.05, 0.1) is 17.8 Å². The van der Waals surface area contributed by atoms with Crippen LogP contribution in [0, 0.1) is 0 Å². The minimum absolute atomic E-state index is 0.0363. The van der Waals surface area contributed by atoms with E-state index < -0.39 is 0 Å². The van der Waals surface area contributed by atoms with Crippen LogP contribution in [0.3, 0.4) is 0 Å². The van der Waals surface area contributed by atoms with Crippen molar-refractivity contribution in [3.63, 3.8) is 0 Å². The number of anilines is 2. The lowest BCUT2D eigenvalue weighted by Gasteiger charge is -2.37. The molecular weight excluding hydrogens is 526 g/mol. The minimum atomic E-state index is -0.147. The van der Waals surface area contributed by atoms with Gasteiger partial charge in [0.1, 0.15) is 0 Å². The number of amides is 3. The molecule has 2 aliphatic heterocycles. The zero-order valence-corrected chi connectivity index (χ0v) is 23.2. The molecule has 2 saturated heterocycles. The van der Waals surface area contributed by atoms with Gasteiger partial charge in [-0.3, -0.25) is 14.4 Å². The highest BCUT2D eigenvalue weighted by atomic mass is 35.5. The summed E-state index contributed by atoms with van der Waals surface area (Å²) in [4.78, 5) is 45.3. The molecule has 2 N–H and O–H groups in total. The van der Waals surface area contributed by atoms with Crippen LogP contribution in [0.15, 0.2) is 72.8 Å². The van der Waals surface area contributed by atoms with Crippen LogP contribution in [0.5, 0.6) is 0 Å². The Morgan fingerprint density at radius 2 is 1.48 bits per heavy atom. The van der Waals surface area contributed by atoms with E-state index in [4.69, 9.17) is 11.6 Å². The first-order valence-electron chi connectivity index (χ1n) is 13.8. The third kappa shape index (κ3) is 6.81. The molecule has 0 radical (unpaired) electrons. The fourth-order valence-corrected chi connectivity index (χ4v) is 5.40. The summed E-state index contributed by atoms with van der Waals surface area (Å²) in [6, 6.07) is 22.1. The normalized spacial score (nSPS) is 15.9. The molecule has 0 aromatic heterocycles. The van der Waals surface area contributed by atoms with Crippen molar-refractivity contribution in [1.82, 2.24) is 15.1 Å². The number of rotatable bonds is 6. The second-order valence-corrected chi connectivity index (χ2v) is 10.6. The van der Waals surface area contributed by atoms with Crippen molar-refractivity contribution in [2.75, 3.05) is 62.6 Å². The summed E-state index contributed by atoms with van der Waals surface area (Å²) >= 11 is 6.09. The average molecular weight is 560 g/mol. The summed E-state index contributed by atoms with van der Waals surface area (Å²) in [6.07, 6.45) is 1.14. The second-order valence-electron chi connectivity index (χ2n) is 10.1. The van der Waals surface area contributed by atoms with Crippen LogP contribution < -0.4 is 15.5 Å². The summed E-state index contributed by atoms with van der Waals surface area (Å²) in [5.41, 5.74) is 3.48. The number of halogens is 1. The number of benzene rings is 3. The topological polar surface area (TPSA) is 85.0 Å². The maximum absolute atomic E-state index is 13.4. The summed E-state index contributed by atoms with van der Waals surface area (Å²) in [5.74, 6) is -0.233. The Balaban J connectivity index is 1.34. The van der Waals surface area contributed by atoms with E-state index in [-0.39, 0.29) is 24.1 Å². The summed E-state index contributed by atoms with van der Waals surface area (Å²) in [5, 5.41) is 6.94. The molecule has 40 heavy (non-hydrogen) atoms. The fraction of sp³-hybridized carbons (Fsp3) is 0.323. The number of carbonyl (C=O) groups excluding carboxylic acids is 3. The second kappa shape index (κ2) is 13.0. The molecule has 3 aromatic rings. The van der Waals surface area contributed by atoms with Gasteiger partial charge in [-0.25, -0.2) is 0 Å². The minimum Gasteiger partial charge on any atom is -0.366 e. The summed E-state index contributed by atoms with van der Waals surface area (Å²) in [7, 11) is 0. The zero-order valence-electron chi connectivity index (χ0n) is 22.4. The molecule has 0 unspecified atom stereocenters. The Morgan fingerprint density at radius 1 is 0.750 bits per heavy atom. The van der Waals surface area contributed by atoms with Gasteiger partial charge in [0.15, 0.2) is 0 Å². The van der Waals surface area contributed by atoms with Crippen LogP contribution in [0.2, 0.25) is 5.02 Å². The number of nitrogens with zero attached hydrogens (tertiary/aromatic N) is 3. The fourth-order valence-electron chi connectivity index (χ4n) is 5.21. The van der Waals surface area contributed by atoms with Crippen molar-refractivity contribution < 1.29 is 14.4 Å². The molecule has 0 aliphatic carbocycles. The van der Waals surface area contributed by atoms with Crippen LogP contribution in [-0.4, -0.2) is 79.9 Å². The molecule has 0 saturated carbocycles. The van der Waals surface area contributed by atoms with Crippen LogP contribution in [0.25, 0.3) is 0 Å². The van der Waals surface area contributed by atoms with E-state index in [9.17, 15) is 14.4 Å². The predicted molar refractivity (Wildman–Crippen MR) is 158 cm³/mol. The molecule has 8 nitrogen and oxygen atoms in total. The molecule has 0 atom stereocenters. The molecule has 3 aromatic carbocycles. The van der Waals surface area contributed by atoms with Gasteiger partial charge < -0.3 is 25.3 Å². The number of nitrogens with one attached hydrogen (secondary N) is 2. The molecule has 3 amide bonds. The van der Waals surface area contributed by atoms with Gasteiger partial charge in [0, 0.05) is 62.0 Å². The van der Waals surface area contributed by atoms with Gasteiger partial charge in [-0.15, -0.1) is 0 Å². The molecule has 0 bridgehead atoms. The van der Waals surface area contributed by atoms with E-state index in [0.29, 0.717) is 61.1 Å². The van der Waals surface area contributed by atoms with Gasteiger partial charge in [0.2, 0.25) is 5.91 Å². The Labute approximate surface area is 239 Å². The van der Waals surface area contributed by atoms with E-state index in [1.807, 2.05) is 52.3 Å². The number of piperazine rings is 1. The maximum Gasteiger partial charge on any atom is 0.254 e. The Bertz CT molecular complexity index is 1350. The molecule has 208 valence electrons. The monoisotopic (exact) mass is 559 g/mol. The lowest BCUT2D eigenvalue weighted by Crippen LogP contribution is -2.49. The number of hydrogen-bond donors (Lipinski definition) is 2. The van der Waals surface area contributed by atoms with Crippen molar-refractivity contribution in [3.05, 3.63) is 94.5 Å². The highest BCUT2D eigenvalue weighted by Crippen LogP contribution is 2.30. The zero-order chi connectivity index (χ0) is 27.9. The third-order valence-corrected chi connectivity index (χ3v) is 7.57. The van der Waals surface area contributed by atoms with Crippen molar-refractivity contribution in [2.24, 2.45) is 0 Å². The van der Waals surface area contributed by atoms with Crippen LogP contribution in [0.1, 0.15) is 32.7 Å². The lowest BCUT2D eigenvalue weighted by molar-refractivity contribution is -0.115. The molecule has 5 rings (SSSR count). The first kappa shape index (κ1) is 27.7. The Kier molecular flexibility index (Phi) is 8.98. The first-order valence-corrected chi connectivity index (χ1v) is 14.1. The molecule has 9 heteroatoms. The van der Waals surface area contributed by atoms with Gasteiger partial charge in [-0.05, 0) is 54.9 Å². The number of carbonyl (C=O) groups is 3. The van der Waals surface area contributed by atoms with Gasteiger partial charge in [-0.1, -0.05) is 48.0 Å². The van der Waals surface area contributed by atoms with Gasteiger partial charge >= 0.3 is 0 Å². The van der Waals surface area contributed by atoms with E-state index in [1.165, 1.54) is 0 Å². The van der Waals surface area contributed by atoms with E-state index in [1.54, 1.807) is 30.3 Å². The highest BCUT2D eigenvalue weighted by molar-refractivity contribution is 6.31.